The third kappa shape index (κ3) is 6.51. The van der Waals surface area contributed by atoms with Crippen molar-refractivity contribution >= 4 is 23.6 Å². The molecule has 0 aliphatic carbocycles. The largest absolute Gasteiger partial charge is 0.484 e. The molecular weight excluding hydrogens is 336 g/mol. The number of carbonyl (C=O) groups excluding carboxylic acids is 2. The Balaban J connectivity index is 1.72. The number of amides is 2. The van der Waals surface area contributed by atoms with Crippen LogP contribution in [0.4, 0.5) is 0 Å². The second-order valence-corrected chi connectivity index (χ2v) is 7.13. The van der Waals surface area contributed by atoms with Crippen LogP contribution in [-0.4, -0.2) is 23.7 Å². The highest BCUT2D eigenvalue weighted by Crippen LogP contribution is 2.23. The van der Waals surface area contributed by atoms with Gasteiger partial charge in [-0.2, -0.15) is 0 Å². The molecule has 2 aromatic carbocycles. The summed E-state index contributed by atoms with van der Waals surface area (Å²) in [6, 6.07) is 15.4. The zero-order chi connectivity index (χ0) is 18.2. The molecule has 1 unspecified atom stereocenters. The Morgan fingerprint density at radius 3 is 2.44 bits per heavy atom. The van der Waals surface area contributed by atoms with E-state index in [4.69, 9.17) is 4.74 Å². The summed E-state index contributed by atoms with van der Waals surface area (Å²) < 4.78 is 5.38. The van der Waals surface area contributed by atoms with Crippen LogP contribution in [0.15, 0.2) is 53.4 Å². The molecule has 2 N–H and O–H groups in total. The number of benzene rings is 2. The predicted molar refractivity (Wildman–Crippen MR) is 99.5 cm³/mol. The summed E-state index contributed by atoms with van der Waals surface area (Å²) in [5.41, 5.74) is 7.01. The third-order valence-corrected chi connectivity index (χ3v) is 4.50. The van der Waals surface area contributed by atoms with Crippen molar-refractivity contribution in [2.24, 2.45) is 0 Å². The second-order valence-electron chi connectivity index (χ2n) is 5.72. The van der Waals surface area contributed by atoms with Gasteiger partial charge in [-0.05, 0) is 50.6 Å². The van der Waals surface area contributed by atoms with Crippen LogP contribution in [0, 0.1) is 13.8 Å². The lowest BCUT2D eigenvalue weighted by Crippen LogP contribution is -2.46. The van der Waals surface area contributed by atoms with Crippen molar-refractivity contribution in [1.82, 2.24) is 10.9 Å². The zero-order valence-corrected chi connectivity index (χ0v) is 15.4. The summed E-state index contributed by atoms with van der Waals surface area (Å²) in [6.45, 7) is 5.58. The quantitative estimate of drug-likeness (QED) is 0.615. The molecule has 2 amide bonds. The normalized spacial score (nSPS) is 11.5. The molecule has 5 nitrogen and oxygen atoms in total. The SMILES string of the molecule is Cc1ccc(SC(C)C(=O)NNC(=O)COc2cccc(C)c2)cc1. The van der Waals surface area contributed by atoms with Gasteiger partial charge in [0.1, 0.15) is 5.75 Å². The molecule has 0 radical (unpaired) electrons. The molecule has 0 saturated carbocycles. The van der Waals surface area contributed by atoms with Crippen molar-refractivity contribution in [2.75, 3.05) is 6.61 Å². The number of rotatable bonds is 6. The number of thioether (sulfide) groups is 1. The van der Waals surface area contributed by atoms with E-state index >= 15 is 0 Å². The molecule has 2 rings (SSSR count). The number of ether oxygens (including phenoxy) is 1. The number of hydrogen-bond donors (Lipinski definition) is 2. The van der Waals surface area contributed by atoms with Crippen LogP contribution < -0.4 is 15.6 Å². The van der Waals surface area contributed by atoms with Crippen molar-refractivity contribution < 1.29 is 14.3 Å². The predicted octanol–water partition coefficient (Wildman–Crippen LogP) is 3.01. The molecule has 132 valence electrons. The van der Waals surface area contributed by atoms with Gasteiger partial charge in [-0.25, -0.2) is 0 Å². The van der Waals surface area contributed by atoms with Gasteiger partial charge >= 0.3 is 0 Å². The molecule has 0 saturated heterocycles. The van der Waals surface area contributed by atoms with E-state index < -0.39 is 5.91 Å². The fraction of sp³-hybridized carbons (Fsp3) is 0.263. The number of nitrogens with one attached hydrogen (secondary N) is 2. The van der Waals surface area contributed by atoms with E-state index in [0.717, 1.165) is 10.5 Å². The van der Waals surface area contributed by atoms with Crippen LogP contribution in [-0.2, 0) is 9.59 Å². The van der Waals surface area contributed by atoms with E-state index in [-0.39, 0.29) is 17.8 Å². The number of hydrogen-bond acceptors (Lipinski definition) is 4. The van der Waals surface area contributed by atoms with Crippen LogP contribution in [0.1, 0.15) is 18.1 Å². The molecule has 0 heterocycles. The maximum Gasteiger partial charge on any atom is 0.276 e. The van der Waals surface area contributed by atoms with Crippen molar-refractivity contribution in [3.05, 3.63) is 59.7 Å². The average Bonchev–Trinajstić information content (AvgIpc) is 2.60. The Hall–Kier alpha value is -2.47. The standard InChI is InChI=1S/C19H22N2O3S/c1-13-7-9-17(10-8-13)25-15(3)19(23)21-20-18(22)12-24-16-6-4-5-14(2)11-16/h4-11,15H,12H2,1-3H3,(H,20,22)(H,21,23). The van der Waals surface area contributed by atoms with Gasteiger partial charge in [0.25, 0.3) is 11.8 Å². The van der Waals surface area contributed by atoms with Gasteiger partial charge in [0, 0.05) is 4.90 Å². The molecule has 6 heteroatoms. The van der Waals surface area contributed by atoms with E-state index in [9.17, 15) is 9.59 Å². The van der Waals surface area contributed by atoms with Crippen molar-refractivity contribution in [2.45, 2.75) is 30.9 Å². The van der Waals surface area contributed by atoms with Crippen LogP contribution in [0.5, 0.6) is 5.75 Å². The summed E-state index contributed by atoms with van der Waals surface area (Å²) in [6.07, 6.45) is 0. The topological polar surface area (TPSA) is 67.4 Å². The first-order valence-corrected chi connectivity index (χ1v) is 8.83. The van der Waals surface area contributed by atoms with Gasteiger partial charge in [0.2, 0.25) is 0 Å². The van der Waals surface area contributed by atoms with Crippen LogP contribution in [0.2, 0.25) is 0 Å². The van der Waals surface area contributed by atoms with Gasteiger partial charge in [0.15, 0.2) is 6.61 Å². The van der Waals surface area contributed by atoms with Gasteiger partial charge in [-0.1, -0.05) is 29.8 Å². The van der Waals surface area contributed by atoms with E-state index in [1.807, 2.05) is 56.3 Å². The second kappa shape index (κ2) is 9.13. The number of aryl methyl sites for hydroxylation is 2. The average molecular weight is 358 g/mol. The van der Waals surface area contributed by atoms with Crippen LogP contribution in [0.25, 0.3) is 0 Å². The minimum Gasteiger partial charge on any atom is -0.484 e. The first-order chi connectivity index (χ1) is 11.9. The Labute approximate surface area is 152 Å². The van der Waals surface area contributed by atoms with Crippen LogP contribution >= 0.6 is 11.8 Å². The Bertz CT molecular complexity index is 732. The maximum atomic E-state index is 12.1. The highest BCUT2D eigenvalue weighted by Gasteiger charge is 2.15. The van der Waals surface area contributed by atoms with Gasteiger partial charge in [0.05, 0.1) is 5.25 Å². The minimum absolute atomic E-state index is 0.163. The molecule has 0 bridgehead atoms. The van der Waals surface area contributed by atoms with Crippen LogP contribution in [0.3, 0.4) is 0 Å². The smallest absolute Gasteiger partial charge is 0.276 e. The number of hydrazine groups is 1. The molecule has 1 atom stereocenters. The lowest BCUT2D eigenvalue weighted by molar-refractivity contribution is -0.129. The molecule has 0 spiro atoms. The van der Waals surface area contributed by atoms with Crippen molar-refractivity contribution in [3.8, 4) is 5.75 Å². The lowest BCUT2D eigenvalue weighted by atomic mass is 10.2. The summed E-state index contributed by atoms with van der Waals surface area (Å²) in [5, 5.41) is -0.333. The highest BCUT2D eigenvalue weighted by molar-refractivity contribution is 8.00. The minimum atomic E-state index is -0.414. The molecule has 0 aliphatic rings. The Kier molecular flexibility index (Phi) is 6.89. The first kappa shape index (κ1) is 18.9. The molecule has 0 aromatic heterocycles. The van der Waals surface area contributed by atoms with E-state index in [1.165, 1.54) is 17.3 Å². The van der Waals surface area contributed by atoms with Gasteiger partial charge in [-0.3, -0.25) is 20.4 Å². The summed E-state index contributed by atoms with van der Waals surface area (Å²) in [7, 11) is 0. The van der Waals surface area contributed by atoms with Crippen molar-refractivity contribution in [3.63, 3.8) is 0 Å². The fourth-order valence-electron chi connectivity index (χ4n) is 2.00. The third-order valence-electron chi connectivity index (χ3n) is 3.39. The Morgan fingerprint density at radius 1 is 1.04 bits per heavy atom. The Morgan fingerprint density at radius 2 is 1.76 bits per heavy atom. The lowest BCUT2D eigenvalue weighted by Gasteiger charge is -2.13. The molecule has 25 heavy (non-hydrogen) atoms. The van der Waals surface area contributed by atoms with Gasteiger partial charge < -0.3 is 4.74 Å². The molecular formula is C19H22N2O3S. The molecule has 0 aliphatic heterocycles. The molecule has 0 fully saturated rings. The van der Waals surface area contributed by atoms with E-state index in [2.05, 4.69) is 10.9 Å². The summed E-state index contributed by atoms with van der Waals surface area (Å²) >= 11 is 1.43. The number of carbonyl (C=O) groups is 2. The fourth-order valence-corrected chi connectivity index (χ4v) is 2.86. The maximum absolute atomic E-state index is 12.1. The summed E-state index contributed by atoms with van der Waals surface area (Å²) in [4.78, 5) is 24.8. The highest BCUT2D eigenvalue weighted by atomic mass is 32.2. The first-order valence-electron chi connectivity index (χ1n) is 7.95. The monoisotopic (exact) mass is 358 g/mol. The van der Waals surface area contributed by atoms with E-state index in [1.54, 1.807) is 13.0 Å². The van der Waals surface area contributed by atoms with Crippen molar-refractivity contribution in [1.29, 1.82) is 0 Å². The van der Waals surface area contributed by atoms with Gasteiger partial charge in [-0.15, -0.1) is 11.8 Å². The zero-order valence-electron chi connectivity index (χ0n) is 14.5. The van der Waals surface area contributed by atoms with E-state index in [0.29, 0.717) is 5.75 Å². The summed E-state index contributed by atoms with van der Waals surface area (Å²) in [5.74, 6) is -0.0679. The molecule has 2 aromatic rings.